The summed E-state index contributed by atoms with van der Waals surface area (Å²) < 4.78 is 5.98. The second-order valence-electron chi connectivity index (χ2n) is 6.12. The Morgan fingerprint density at radius 1 is 1.04 bits per heavy atom. The first kappa shape index (κ1) is 16.7. The minimum Gasteiger partial charge on any atom is -0.508 e. The molecule has 0 saturated heterocycles. The van der Waals surface area contributed by atoms with E-state index < -0.39 is 0 Å². The van der Waals surface area contributed by atoms with Gasteiger partial charge >= 0.3 is 0 Å². The van der Waals surface area contributed by atoms with Crippen LogP contribution in [0.25, 0.3) is 34.2 Å². The molecule has 4 nitrogen and oxygen atoms in total. The van der Waals surface area contributed by atoms with Gasteiger partial charge in [-0.3, -0.25) is 0 Å². The van der Waals surface area contributed by atoms with Gasteiger partial charge in [-0.15, -0.1) is 9.24 Å². The molecule has 1 unspecified atom stereocenters. The van der Waals surface area contributed by atoms with E-state index in [9.17, 15) is 5.11 Å². The first-order valence-electron chi connectivity index (χ1n) is 8.13. The van der Waals surface area contributed by atoms with Crippen LogP contribution in [0, 0.1) is 6.92 Å². The second-order valence-corrected chi connectivity index (χ2v) is 6.78. The molecule has 26 heavy (non-hydrogen) atoms. The van der Waals surface area contributed by atoms with E-state index in [1.807, 2.05) is 49.4 Å². The molecule has 126 valence electrons. The van der Waals surface area contributed by atoms with Gasteiger partial charge in [-0.05, 0) is 48.6 Å². The van der Waals surface area contributed by atoms with Gasteiger partial charge in [0.05, 0.1) is 5.69 Å². The molecule has 1 atom stereocenters. The van der Waals surface area contributed by atoms with Crippen LogP contribution in [0.4, 0.5) is 0 Å². The van der Waals surface area contributed by atoms with Crippen molar-refractivity contribution in [3.8, 4) is 39.9 Å². The van der Waals surface area contributed by atoms with E-state index >= 15 is 0 Å². The normalized spacial score (nSPS) is 11.0. The average Bonchev–Trinajstić information content (AvgIpc) is 3.23. The predicted molar refractivity (Wildman–Crippen MR) is 108 cm³/mol. The van der Waals surface area contributed by atoms with Gasteiger partial charge in [-0.2, -0.15) is 0 Å². The number of benzene rings is 2. The van der Waals surface area contributed by atoms with E-state index in [1.54, 1.807) is 12.1 Å². The molecule has 2 aromatic carbocycles. The molecule has 0 saturated carbocycles. The minimum atomic E-state index is 0.229. The van der Waals surface area contributed by atoms with E-state index in [1.165, 1.54) is 0 Å². The molecular weight excluding hydrogens is 342 g/mol. The quantitative estimate of drug-likeness (QED) is 0.436. The standard InChI is InChI=1S/C20H16BN2O2P/c1-11-19(12-2-4-13(24)5-3-12)23-20(22-11)18-9-8-17(25-18)15-7-6-14(26)10-16(15)21/h2-10,24H,26H2,1H3,(H,22,23). The lowest BCUT2D eigenvalue weighted by Gasteiger charge is -2.03. The number of phenols is 1. The zero-order chi connectivity index (χ0) is 18.3. The van der Waals surface area contributed by atoms with Crippen molar-refractivity contribution in [1.82, 2.24) is 9.97 Å². The van der Waals surface area contributed by atoms with Crippen molar-refractivity contribution < 1.29 is 9.52 Å². The van der Waals surface area contributed by atoms with Gasteiger partial charge in [0.25, 0.3) is 0 Å². The Labute approximate surface area is 154 Å². The van der Waals surface area contributed by atoms with Crippen LogP contribution in [0.1, 0.15) is 5.69 Å². The number of aromatic amines is 1. The third-order valence-corrected chi connectivity index (χ3v) is 4.57. The Morgan fingerprint density at radius 3 is 2.50 bits per heavy atom. The molecule has 2 aromatic heterocycles. The van der Waals surface area contributed by atoms with Crippen molar-refractivity contribution in [3.63, 3.8) is 0 Å². The van der Waals surface area contributed by atoms with Gasteiger partial charge < -0.3 is 14.5 Å². The van der Waals surface area contributed by atoms with E-state index in [0.717, 1.165) is 27.8 Å². The molecule has 0 bridgehead atoms. The van der Waals surface area contributed by atoms with Gasteiger partial charge in [0.2, 0.25) is 0 Å². The Balaban J connectivity index is 1.70. The van der Waals surface area contributed by atoms with Crippen LogP contribution in [0.15, 0.2) is 59.0 Å². The number of hydrogen-bond acceptors (Lipinski definition) is 3. The summed E-state index contributed by atoms with van der Waals surface area (Å²) in [5, 5.41) is 10.5. The van der Waals surface area contributed by atoms with Gasteiger partial charge in [0, 0.05) is 16.8 Å². The molecule has 0 amide bonds. The van der Waals surface area contributed by atoms with E-state index in [-0.39, 0.29) is 5.75 Å². The summed E-state index contributed by atoms with van der Waals surface area (Å²) in [6, 6.07) is 16.5. The number of aryl methyl sites for hydroxylation is 1. The van der Waals surface area contributed by atoms with E-state index in [4.69, 9.17) is 12.3 Å². The number of aromatic nitrogens is 2. The predicted octanol–water partition coefficient (Wildman–Crippen LogP) is 3.31. The number of phenolic OH excluding ortho intramolecular Hbond substituents is 1. The number of hydrogen-bond donors (Lipinski definition) is 2. The summed E-state index contributed by atoms with van der Waals surface area (Å²) in [6.45, 7) is 1.96. The smallest absolute Gasteiger partial charge is 0.174 e. The fourth-order valence-corrected chi connectivity index (χ4v) is 3.17. The Bertz CT molecular complexity index is 1080. The van der Waals surface area contributed by atoms with Gasteiger partial charge in [-0.25, -0.2) is 4.98 Å². The molecule has 0 spiro atoms. The van der Waals surface area contributed by atoms with Gasteiger partial charge in [-0.1, -0.05) is 23.7 Å². The van der Waals surface area contributed by atoms with Crippen LogP contribution in [-0.4, -0.2) is 22.9 Å². The number of imidazole rings is 1. The second kappa shape index (κ2) is 6.51. The zero-order valence-electron chi connectivity index (χ0n) is 14.2. The number of nitrogens with zero attached hydrogens (tertiary/aromatic N) is 1. The topological polar surface area (TPSA) is 62.1 Å². The number of nitrogens with one attached hydrogen (secondary N) is 1. The van der Waals surface area contributed by atoms with E-state index in [0.29, 0.717) is 22.8 Å². The number of rotatable bonds is 3. The highest BCUT2D eigenvalue weighted by atomic mass is 31.0. The number of aromatic hydroxyl groups is 1. The van der Waals surface area contributed by atoms with Crippen LogP contribution in [0.3, 0.4) is 0 Å². The van der Waals surface area contributed by atoms with Crippen LogP contribution in [0.2, 0.25) is 0 Å². The highest BCUT2D eigenvalue weighted by molar-refractivity contribution is 7.27. The fourth-order valence-electron chi connectivity index (χ4n) is 2.89. The molecule has 0 aliphatic heterocycles. The summed E-state index contributed by atoms with van der Waals surface area (Å²) in [7, 11) is 8.73. The summed E-state index contributed by atoms with van der Waals surface area (Å²) in [5.41, 5.74) is 4.19. The third kappa shape index (κ3) is 3.06. The zero-order valence-corrected chi connectivity index (χ0v) is 15.3. The largest absolute Gasteiger partial charge is 0.508 e. The van der Waals surface area contributed by atoms with Crippen molar-refractivity contribution in [2.45, 2.75) is 6.92 Å². The van der Waals surface area contributed by atoms with Crippen LogP contribution < -0.4 is 10.8 Å². The summed E-state index contributed by atoms with van der Waals surface area (Å²) in [5.74, 6) is 2.22. The first-order chi connectivity index (χ1) is 12.5. The molecule has 0 aliphatic carbocycles. The summed E-state index contributed by atoms with van der Waals surface area (Å²) in [4.78, 5) is 7.92. The van der Waals surface area contributed by atoms with Crippen LogP contribution in [0.5, 0.6) is 5.75 Å². The Hall–Kier alpha value is -2.78. The van der Waals surface area contributed by atoms with Crippen molar-refractivity contribution in [1.29, 1.82) is 0 Å². The van der Waals surface area contributed by atoms with Crippen molar-refractivity contribution in [2.24, 2.45) is 0 Å². The molecular formula is C20H16BN2O2P. The molecule has 0 aliphatic rings. The highest BCUT2D eigenvalue weighted by Gasteiger charge is 2.14. The van der Waals surface area contributed by atoms with Gasteiger partial charge in [0.1, 0.15) is 19.4 Å². The third-order valence-electron chi connectivity index (χ3n) is 4.21. The summed E-state index contributed by atoms with van der Waals surface area (Å²) >= 11 is 0. The van der Waals surface area contributed by atoms with Crippen LogP contribution >= 0.6 is 9.24 Å². The lowest BCUT2D eigenvalue weighted by molar-refractivity contribution is 0.475. The molecule has 4 rings (SSSR count). The Morgan fingerprint density at radius 2 is 1.77 bits per heavy atom. The lowest BCUT2D eigenvalue weighted by atomic mass is 9.89. The SMILES string of the molecule is [B]c1cc(P)ccc1-c1ccc(-c2nc(-c3ccc(O)cc3)c(C)[nH]2)o1. The molecule has 2 N–H and O–H groups in total. The maximum absolute atomic E-state index is 9.45. The average molecular weight is 358 g/mol. The molecule has 4 aromatic rings. The van der Waals surface area contributed by atoms with Gasteiger partial charge in [0.15, 0.2) is 11.6 Å². The fraction of sp³-hybridized carbons (Fsp3) is 0.0500. The lowest BCUT2D eigenvalue weighted by Crippen LogP contribution is -2.10. The number of H-pyrrole nitrogens is 1. The molecule has 2 radical (unpaired) electrons. The Kier molecular flexibility index (Phi) is 4.17. The number of furan rings is 1. The maximum atomic E-state index is 9.45. The van der Waals surface area contributed by atoms with Crippen molar-refractivity contribution in [2.75, 3.05) is 0 Å². The molecule has 6 heteroatoms. The monoisotopic (exact) mass is 358 g/mol. The minimum absolute atomic E-state index is 0.229. The highest BCUT2D eigenvalue weighted by Crippen LogP contribution is 2.30. The maximum Gasteiger partial charge on any atom is 0.174 e. The molecule has 2 heterocycles. The van der Waals surface area contributed by atoms with Crippen LogP contribution in [-0.2, 0) is 0 Å². The first-order valence-corrected chi connectivity index (χ1v) is 8.70. The van der Waals surface area contributed by atoms with E-state index in [2.05, 4.69) is 19.2 Å². The van der Waals surface area contributed by atoms with Crippen molar-refractivity contribution >= 4 is 27.9 Å². The molecule has 0 fully saturated rings. The summed E-state index contributed by atoms with van der Waals surface area (Å²) in [6.07, 6.45) is 0. The van der Waals surface area contributed by atoms with Crippen molar-refractivity contribution in [3.05, 3.63) is 60.3 Å².